The number of rotatable bonds is 7. The summed E-state index contributed by atoms with van der Waals surface area (Å²) in [5.74, 6) is 2.66. The standard InChI is InChI=1S/C11H18N2O/c1-2-3-4-8-13-11(14)7-9-12-10-5-6-10/h1,10,12H,3-9H2,(H,13,14). The van der Waals surface area contributed by atoms with E-state index in [0.717, 1.165) is 19.4 Å². The summed E-state index contributed by atoms with van der Waals surface area (Å²) in [4.78, 5) is 11.2. The first-order valence-corrected chi connectivity index (χ1v) is 5.26. The number of amides is 1. The normalized spacial score (nSPS) is 14.8. The maximum absolute atomic E-state index is 11.2. The summed E-state index contributed by atoms with van der Waals surface area (Å²) in [7, 11) is 0. The SMILES string of the molecule is C#CCCCNC(=O)CCNC1CC1. The second-order valence-electron chi connectivity index (χ2n) is 3.64. The highest BCUT2D eigenvalue weighted by molar-refractivity contribution is 5.75. The zero-order chi connectivity index (χ0) is 10.2. The smallest absolute Gasteiger partial charge is 0.221 e. The van der Waals surface area contributed by atoms with Crippen molar-refractivity contribution in [3.05, 3.63) is 0 Å². The Morgan fingerprint density at radius 3 is 2.86 bits per heavy atom. The molecule has 0 unspecified atom stereocenters. The van der Waals surface area contributed by atoms with E-state index in [1.165, 1.54) is 12.8 Å². The highest BCUT2D eigenvalue weighted by Gasteiger charge is 2.19. The molecule has 14 heavy (non-hydrogen) atoms. The van der Waals surface area contributed by atoms with Gasteiger partial charge in [-0.25, -0.2) is 0 Å². The third-order valence-corrected chi connectivity index (χ3v) is 2.18. The molecule has 1 rings (SSSR count). The van der Waals surface area contributed by atoms with Crippen LogP contribution in [0.5, 0.6) is 0 Å². The molecule has 0 saturated heterocycles. The van der Waals surface area contributed by atoms with E-state index in [9.17, 15) is 4.79 Å². The van der Waals surface area contributed by atoms with Gasteiger partial charge in [0.05, 0.1) is 0 Å². The molecule has 3 nitrogen and oxygen atoms in total. The van der Waals surface area contributed by atoms with Crippen LogP contribution in [0.3, 0.4) is 0 Å². The minimum Gasteiger partial charge on any atom is -0.356 e. The fourth-order valence-corrected chi connectivity index (χ4v) is 1.18. The third kappa shape index (κ3) is 5.60. The average Bonchev–Trinajstić information content (AvgIpc) is 2.96. The number of terminal acetylenes is 1. The molecule has 0 atom stereocenters. The van der Waals surface area contributed by atoms with Gasteiger partial charge in [0.25, 0.3) is 0 Å². The van der Waals surface area contributed by atoms with Crippen LogP contribution >= 0.6 is 0 Å². The molecule has 0 spiro atoms. The van der Waals surface area contributed by atoms with Crippen LogP contribution in [0.2, 0.25) is 0 Å². The molecule has 0 radical (unpaired) electrons. The maximum atomic E-state index is 11.2. The summed E-state index contributed by atoms with van der Waals surface area (Å²) in [6.45, 7) is 1.50. The summed E-state index contributed by atoms with van der Waals surface area (Å²) in [6.07, 6.45) is 9.81. The maximum Gasteiger partial charge on any atom is 0.221 e. The van der Waals surface area contributed by atoms with Crippen LogP contribution in [0, 0.1) is 12.3 Å². The Balaban J connectivity index is 1.85. The van der Waals surface area contributed by atoms with E-state index in [1.807, 2.05) is 0 Å². The highest BCUT2D eigenvalue weighted by atomic mass is 16.1. The van der Waals surface area contributed by atoms with Crippen molar-refractivity contribution < 1.29 is 4.79 Å². The van der Waals surface area contributed by atoms with E-state index in [1.54, 1.807) is 0 Å². The van der Waals surface area contributed by atoms with Crippen molar-refractivity contribution in [2.24, 2.45) is 0 Å². The van der Waals surface area contributed by atoms with Crippen molar-refractivity contribution in [1.29, 1.82) is 0 Å². The Morgan fingerprint density at radius 1 is 1.43 bits per heavy atom. The van der Waals surface area contributed by atoms with Gasteiger partial charge in [-0.3, -0.25) is 4.79 Å². The second kappa shape index (κ2) is 6.44. The number of hydrogen-bond donors (Lipinski definition) is 2. The van der Waals surface area contributed by atoms with E-state index in [0.29, 0.717) is 19.0 Å². The van der Waals surface area contributed by atoms with Gasteiger partial charge in [0.15, 0.2) is 0 Å². The second-order valence-corrected chi connectivity index (χ2v) is 3.64. The van der Waals surface area contributed by atoms with Crippen molar-refractivity contribution in [3.8, 4) is 12.3 Å². The number of unbranched alkanes of at least 4 members (excludes halogenated alkanes) is 1. The summed E-state index contributed by atoms with van der Waals surface area (Å²) in [6, 6.07) is 0.684. The molecular weight excluding hydrogens is 176 g/mol. The largest absolute Gasteiger partial charge is 0.356 e. The predicted octanol–water partition coefficient (Wildman–Crippen LogP) is 0.658. The molecule has 2 N–H and O–H groups in total. The van der Waals surface area contributed by atoms with E-state index in [4.69, 9.17) is 6.42 Å². The predicted molar refractivity (Wildman–Crippen MR) is 56.7 cm³/mol. The number of carbonyl (C=O) groups is 1. The van der Waals surface area contributed by atoms with Gasteiger partial charge in [-0.15, -0.1) is 12.3 Å². The van der Waals surface area contributed by atoms with Crippen molar-refractivity contribution in [2.45, 2.75) is 38.1 Å². The lowest BCUT2D eigenvalue weighted by Gasteiger charge is -2.04. The lowest BCUT2D eigenvalue weighted by Crippen LogP contribution is -2.29. The first kappa shape index (κ1) is 11.1. The van der Waals surface area contributed by atoms with Crippen LogP contribution in [0.15, 0.2) is 0 Å². The first-order chi connectivity index (χ1) is 6.83. The number of carbonyl (C=O) groups excluding carboxylic acids is 1. The molecule has 3 heteroatoms. The van der Waals surface area contributed by atoms with E-state index < -0.39 is 0 Å². The Hall–Kier alpha value is -1.01. The molecule has 0 aromatic carbocycles. The molecule has 0 aliphatic heterocycles. The van der Waals surface area contributed by atoms with Crippen LogP contribution in [-0.2, 0) is 4.79 Å². The zero-order valence-corrected chi connectivity index (χ0v) is 8.51. The van der Waals surface area contributed by atoms with Gasteiger partial charge in [-0.2, -0.15) is 0 Å². The summed E-state index contributed by atoms with van der Waals surface area (Å²) in [5.41, 5.74) is 0. The van der Waals surface area contributed by atoms with Crippen LogP contribution in [0.25, 0.3) is 0 Å². The van der Waals surface area contributed by atoms with Gasteiger partial charge < -0.3 is 10.6 Å². The topological polar surface area (TPSA) is 41.1 Å². The van der Waals surface area contributed by atoms with Crippen LogP contribution in [-0.4, -0.2) is 25.0 Å². The minimum atomic E-state index is 0.121. The lowest BCUT2D eigenvalue weighted by molar-refractivity contribution is -0.120. The molecule has 0 heterocycles. The molecule has 1 aliphatic rings. The molecule has 1 amide bonds. The first-order valence-electron chi connectivity index (χ1n) is 5.26. The number of nitrogens with one attached hydrogen (secondary N) is 2. The molecule has 1 fully saturated rings. The summed E-state index contributed by atoms with van der Waals surface area (Å²) < 4.78 is 0. The molecule has 0 bridgehead atoms. The Labute approximate surface area is 85.6 Å². The average molecular weight is 194 g/mol. The minimum absolute atomic E-state index is 0.121. The van der Waals surface area contributed by atoms with Crippen LogP contribution < -0.4 is 10.6 Å². The van der Waals surface area contributed by atoms with Crippen molar-refractivity contribution in [2.75, 3.05) is 13.1 Å². The molecule has 0 aromatic heterocycles. The zero-order valence-electron chi connectivity index (χ0n) is 8.51. The van der Waals surface area contributed by atoms with E-state index in [2.05, 4.69) is 16.6 Å². The molecule has 1 aliphatic carbocycles. The Bertz CT molecular complexity index is 216. The Morgan fingerprint density at radius 2 is 2.21 bits per heavy atom. The van der Waals surface area contributed by atoms with Gasteiger partial charge in [0, 0.05) is 32.0 Å². The van der Waals surface area contributed by atoms with Gasteiger partial charge in [0.2, 0.25) is 5.91 Å². The molecule has 78 valence electrons. The van der Waals surface area contributed by atoms with Crippen LogP contribution in [0.4, 0.5) is 0 Å². The van der Waals surface area contributed by atoms with Gasteiger partial charge >= 0.3 is 0 Å². The Kier molecular flexibility index (Phi) is 5.09. The number of hydrogen-bond acceptors (Lipinski definition) is 2. The van der Waals surface area contributed by atoms with E-state index >= 15 is 0 Å². The monoisotopic (exact) mass is 194 g/mol. The van der Waals surface area contributed by atoms with E-state index in [-0.39, 0.29) is 5.91 Å². The van der Waals surface area contributed by atoms with Gasteiger partial charge in [0.1, 0.15) is 0 Å². The third-order valence-electron chi connectivity index (χ3n) is 2.18. The summed E-state index contributed by atoms with van der Waals surface area (Å²) >= 11 is 0. The van der Waals surface area contributed by atoms with Crippen molar-refractivity contribution in [1.82, 2.24) is 10.6 Å². The molecule has 0 aromatic rings. The van der Waals surface area contributed by atoms with Crippen LogP contribution in [0.1, 0.15) is 32.1 Å². The quantitative estimate of drug-likeness (QED) is 0.462. The van der Waals surface area contributed by atoms with Gasteiger partial charge in [-0.05, 0) is 19.3 Å². The van der Waals surface area contributed by atoms with Crippen molar-refractivity contribution >= 4 is 5.91 Å². The highest BCUT2D eigenvalue weighted by Crippen LogP contribution is 2.18. The fraction of sp³-hybridized carbons (Fsp3) is 0.727. The molecule has 1 saturated carbocycles. The summed E-state index contributed by atoms with van der Waals surface area (Å²) in [5, 5.41) is 6.13. The van der Waals surface area contributed by atoms with Crippen molar-refractivity contribution in [3.63, 3.8) is 0 Å². The molecular formula is C11H18N2O. The fourth-order valence-electron chi connectivity index (χ4n) is 1.18. The lowest BCUT2D eigenvalue weighted by atomic mass is 10.3. The van der Waals surface area contributed by atoms with Gasteiger partial charge in [-0.1, -0.05) is 0 Å².